The molecule has 0 amide bonds. The van der Waals surface area contributed by atoms with E-state index in [1.807, 2.05) is 0 Å². The number of hydrogen-bond acceptors (Lipinski definition) is 7. The van der Waals surface area contributed by atoms with Crippen molar-refractivity contribution in [3.8, 4) is 5.69 Å². The minimum Gasteiger partial charge on any atom is -0.384 e. The molecule has 0 saturated carbocycles. The van der Waals surface area contributed by atoms with Crippen molar-refractivity contribution in [2.45, 2.75) is 38.0 Å². The molecule has 2 atom stereocenters. The molecule has 0 bridgehead atoms. The summed E-state index contributed by atoms with van der Waals surface area (Å²) in [6.45, 7) is 10.5. The summed E-state index contributed by atoms with van der Waals surface area (Å²) in [6.07, 6.45) is 5.44. The number of para-hydroxylation sites is 1. The second-order valence-electron chi connectivity index (χ2n) is 7.40. The van der Waals surface area contributed by atoms with Crippen LogP contribution in [0.5, 0.6) is 0 Å². The van der Waals surface area contributed by atoms with Crippen molar-refractivity contribution in [1.82, 2.24) is 24.7 Å². The van der Waals surface area contributed by atoms with Gasteiger partial charge in [0.15, 0.2) is 5.82 Å². The van der Waals surface area contributed by atoms with Gasteiger partial charge in [0.2, 0.25) is 16.0 Å². The van der Waals surface area contributed by atoms with E-state index in [0.29, 0.717) is 24.2 Å². The number of nitrogens with zero attached hydrogens (tertiary/aromatic N) is 5. The van der Waals surface area contributed by atoms with Gasteiger partial charge in [-0.2, -0.15) is 0 Å². The van der Waals surface area contributed by atoms with Crippen LogP contribution in [-0.2, 0) is 16.4 Å². The van der Waals surface area contributed by atoms with E-state index in [0.717, 1.165) is 5.56 Å². The van der Waals surface area contributed by atoms with Gasteiger partial charge in [0.1, 0.15) is 23.0 Å². The number of benzene rings is 1. The Labute approximate surface area is 191 Å². The normalized spacial score (nSPS) is 13.3. The zero-order valence-corrected chi connectivity index (χ0v) is 19.1. The molecular weight excluding hydrogens is 447 g/mol. The molecule has 0 unspecified atom stereocenters. The van der Waals surface area contributed by atoms with Crippen LogP contribution in [0.15, 0.2) is 49.8 Å². The highest BCUT2D eigenvalue weighted by Gasteiger charge is 2.33. The number of aryl methyl sites for hydroxylation is 2. The van der Waals surface area contributed by atoms with E-state index in [1.165, 1.54) is 42.1 Å². The van der Waals surface area contributed by atoms with E-state index in [1.54, 1.807) is 19.1 Å². The minimum absolute atomic E-state index is 0.0327. The molecule has 2 heterocycles. The van der Waals surface area contributed by atoms with Crippen LogP contribution in [0.2, 0.25) is 0 Å². The minimum atomic E-state index is -4.21. The van der Waals surface area contributed by atoms with E-state index in [-0.39, 0.29) is 17.5 Å². The summed E-state index contributed by atoms with van der Waals surface area (Å²) in [5, 5.41) is 17.2. The van der Waals surface area contributed by atoms with Gasteiger partial charge in [-0.1, -0.05) is 30.9 Å². The molecule has 174 valence electrons. The standard InChI is InChI=1S/C22H25FN6O3S/c1-5-7-11-18-26-27-22(29(18)19-16(6-2)9-8-10-17(19)23)28-33(31,32)15(4)20(30)21-24-12-14(3)13-25-21/h5-6,8-10,12-13,15,20,30H,1-2,7,11H2,3-4H3,(H,27,28)/t15-,20+/m0/s1. The molecule has 33 heavy (non-hydrogen) atoms. The van der Waals surface area contributed by atoms with Crippen molar-refractivity contribution < 1.29 is 17.9 Å². The number of aromatic nitrogens is 5. The molecule has 0 aliphatic carbocycles. The molecule has 0 radical (unpaired) electrons. The smallest absolute Gasteiger partial charge is 0.243 e. The molecule has 9 nitrogen and oxygen atoms in total. The number of allylic oxidation sites excluding steroid dienone is 1. The Morgan fingerprint density at radius 2 is 1.94 bits per heavy atom. The summed E-state index contributed by atoms with van der Waals surface area (Å²) >= 11 is 0. The van der Waals surface area contributed by atoms with E-state index in [4.69, 9.17) is 0 Å². The Balaban J connectivity index is 2.03. The predicted molar refractivity (Wildman–Crippen MR) is 124 cm³/mol. The lowest BCUT2D eigenvalue weighted by Gasteiger charge is -2.20. The quantitative estimate of drug-likeness (QED) is 0.435. The first kappa shape index (κ1) is 24.2. The molecule has 3 aromatic rings. The van der Waals surface area contributed by atoms with Crippen molar-refractivity contribution in [1.29, 1.82) is 0 Å². The van der Waals surface area contributed by atoms with Gasteiger partial charge in [0.05, 0.1) is 5.69 Å². The van der Waals surface area contributed by atoms with Gasteiger partial charge >= 0.3 is 0 Å². The molecule has 0 aliphatic heterocycles. The summed E-state index contributed by atoms with van der Waals surface area (Å²) in [7, 11) is -4.21. The van der Waals surface area contributed by atoms with Gasteiger partial charge in [0.25, 0.3) is 0 Å². The van der Waals surface area contributed by atoms with Crippen LogP contribution in [0.25, 0.3) is 11.8 Å². The maximum absolute atomic E-state index is 14.9. The molecule has 0 saturated heterocycles. The number of anilines is 1. The third kappa shape index (κ3) is 5.15. The van der Waals surface area contributed by atoms with Crippen LogP contribution in [0.3, 0.4) is 0 Å². The monoisotopic (exact) mass is 472 g/mol. The maximum atomic E-state index is 14.9. The van der Waals surface area contributed by atoms with Crippen LogP contribution in [-0.4, -0.2) is 43.5 Å². The summed E-state index contributed by atoms with van der Waals surface area (Å²) in [5.74, 6) is -0.523. The van der Waals surface area contributed by atoms with Crippen molar-refractivity contribution >= 4 is 22.0 Å². The number of rotatable bonds is 10. The molecule has 2 aromatic heterocycles. The lowest BCUT2D eigenvalue weighted by molar-refractivity contribution is 0.166. The fraction of sp³-hybridized carbons (Fsp3) is 0.273. The van der Waals surface area contributed by atoms with Gasteiger partial charge in [-0.3, -0.25) is 9.29 Å². The van der Waals surface area contributed by atoms with Crippen LogP contribution in [0.4, 0.5) is 10.3 Å². The molecule has 3 rings (SSSR count). The average molecular weight is 473 g/mol. The first-order valence-electron chi connectivity index (χ1n) is 10.1. The summed E-state index contributed by atoms with van der Waals surface area (Å²) in [5.41, 5.74) is 1.25. The second-order valence-corrected chi connectivity index (χ2v) is 9.44. The van der Waals surface area contributed by atoms with E-state index >= 15 is 0 Å². The van der Waals surface area contributed by atoms with Crippen LogP contribution < -0.4 is 4.72 Å². The Bertz CT molecular complexity index is 1260. The third-order valence-corrected chi connectivity index (χ3v) is 6.70. The Hall–Kier alpha value is -3.44. The van der Waals surface area contributed by atoms with Crippen molar-refractivity contribution in [2.75, 3.05) is 4.72 Å². The highest BCUT2D eigenvalue weighted by molar-refractivity contribution is 7.93. The van der Waals surface area contributed by atoms with Crippen LogP contribution in [0.1, 0.15) is 42.2 Å². The van der Waals surface area contributed by atoms with Gasteiger partial charge in [0, 0.05) is 24.4 Å². The molecule has 0 fully saturated rings. The molecule has 2 N–H and O–H groups in total. The van der Waals surface area contributed by atoms with Gasteiger partial charge in [-0.15, -0.1) is 16.8 Å². The Kier molecular flexibility index (Phi) is 7.34. The number of sulfonamides is 1. The topological polar surface area (TPSA) is 123 Å². The van der Waals surface area contributed by atoms with Gasteiger partial charge in [-0.05, 0) is 31.9 Å². The fourth-order valence-electron chi connectivity index (χ4n) is 3.10. The maximum Gasteiger partial charge on any atom is 0.243 e. The van der Waals surface area contributed by atoms with E-state index in [9.17, 15) is 17.9 Å². The largest absolute Gasteiger partial charge is 0.384 e. The number of hydrogen-bond donors (Lipinski definition) is 2. The van der Waals surface area contributed by atoms with E-state index < -0.39 is 27.2 Å². The van der Waals surface area contributed by atoms with Crippen LogP contribution in [0, 0.1) is 12.7 Å². The van der Waals surface area contributed by atoms with Gasteiger partial charge in [-0.25, -0.2) is 22.8 Å². The highest BCUT2D eigenvalue weighted by atomic mass is 32.2. The fourth-order valence-corrected chi connectivity index (χ4v) is 4.13. The predicted octanol–water partition coefficient (Wildman–Crippen LogP) is 3.13. The SMILES string of the molecule is C=CCCc1nnc(NS(=O)(=O)[C@@H](C)[C@@H](O)c2ncc(C)cn2)n1-c1c(F)cccc1C=C. The summed E-state index contributed by atoms with van der Waals surface area (Å²) < 4.78 is 44.7. The molecule has 1 aromatic carbocycles. The average Bonchev–Trinajstić information content (AvgIpc) is 3.17. The summed E-state index contributed by atoms with van der Waals surface area (Å²) in [4.78, 5) is 8.00. The van der Waals surface area contributed by atoms with Crippen molar-refractivity contribution in [2.24, 2.45) is 0 Å². The third-order valence-electron chi connectivity index (χ3n) is 5.00. The van der Waals surface area contributed by atoms with Gasteiger partial charge < -0.3 is 5.11 Å². The Morgan fingerprint density at radius 1 is 1.24 bits per heavy atom. The Morgan fingerprint density at radius 3 is 2.58 bits per heavy atom. The first-order chi connectivity index (χ1) is 15.7. The molecule has 0 aliphatic rings. The van der Waals surface area contributed by atoms with Crippen LogP contribution >= 0.6 is 0 Å². The lowest BCUT2D eigenvalue weighted by Crippen LogP contribution is -2.32. The molecular formula is C22H25FN6O3S. The molecule has 11 heteroatoms. The number of aliphatic hydroxyl groups is 1. The lowest BCUT2D eigenvalue weighted by atomic mass is 10.1. The number of halogens is 1. The highest BCUT2D eigenvalue weighted by Crippen LogP contribution is 2.27. The zero-order chi connectivity index (χ0) is 24.2. The summed E-state index contributed by atoms with van der Waals surface area (Å²) in [6, 6.07) is 4.41. The first-order valence-corrected chi connectivity index (χ1v) is 11.7. The van der Waals surface area contributed by atoms with Crippen molar-refractivity contribution in [3.05, 3.63) is 78.4 Å². The second kappa shape index (κ2) is 10.0. The van der Waals surface area contributed by atoms with Crippen molar-refractivity contribution in [3.63, 3.8) is 0 Å². The van der Waals surface area contributed by atoms with E-state index in [2.05, 4.69) is 38.0 Å². The number of aliphatic hydroxyl groups excluding tert-OH is 1. The zero-order valence-electron chi connectivity index (χ0n) is 18.3. The number of nitrogens with one attached hydrogen (secondary N) is 1. The molecule has 0 spiro atoms.